The molecule has 144 valence electrons. The van der Waals surface area contributed by atoms with Crippen LogP contribution < -0.4 is 10.6 Å². The summed E-state index contributed by atoms with van der Waals surface area (Å²) in [4.78, 5) is 22.1. The molecular formula is C18H18F3N3O3. The first kappa shape index (κ1) is 20.2. The topological polar surface area (TPSA) is 84.3 Å². The van der Waals surface area contributed by atoms with Gasteiger partial charge in [0.15, 0.2) is 0 Å². The first-order valence-electron chi connectivity index (χ1n) is 8.14. The van der Waals surface area contributed by atoms with Crippen molar-refractivity contribution in [2.45, 2.75) is 32.5 Å². The predicted molar refractivity (Wildman–Crippen MR) is 95.6 cm³/mol. The number of amides is 1. The van der Waals surface area contributed by atoms with Gasteiger partial charge >= 0.3 is 6.18 Å². The van der Waals surface area contributed by atoms with Crippen LogP contribution in [0.25, 0.3) is 0 Å². The number of anilines is 2. The number of benzene rings is 2. The van der Waals surface area contributed by atoms with E-state index in [0.29, 0.717) is 11.8 Å². The average molecular weight is 381 g/mol. The molecule has 6 nitrogen and oxygen atoms in total. The van der Waals surface area contributed by atoms with E-state index in [-0.39, 0.29) is 0 Å². The van der Waals surface area contributed by atoms with Gasteiger partial charge in [0, 0.05) is 17.8 Å². The van der Waals surface area contributed by atoms with Gasteiger partial charge in [0.1, 0.15) is 6.04 Å². The Morgan fingerprint density at radius 3 is 2.44 bits per heavy atom. The molecule has 0 saturated carbocycles. The van der Waals surface area contributed by atoms with Crippen LogP contribution in [0.4, 0.5) is 30.2 Å². The summed E-state index contributed by atoms with van der Waals surface area (Å²) in [6, 6.07) is 8.65. The third-order valence-electron chi connectivity index (χ3n) is 3.94. The molecule has 1 atom stereocenters. The highest BCUT2D eigenvalue weighted by Crippen LogP contribution is 2.37. The lowest BCUT2D eigenvalue weighted by molar-refractivity contribution is -0.385. The molecule has 0 spiro atoms. The fraction of sp³-hybridized carbons (Fsp3) is 0.278. The highest BCUT2D eigenvalue weighted by Gasteiger charge is 2.36. The fourth-order valence-electron chi connectivity index (χ4n) is 2.50. The van der Waals surface area contributed by atoms with Crippen LogP contribution in [0, 0.1) is 10.1 Å². The van der Waals surface area contributed by atoms with Crippen molar-refractivity contribution in [2.24, 2.45) is 0 Å². The first-order valence-corrected chi connectivity index (χ1v) is 8.14. The number of aryl methyl sites for hydroxylation is 1. The molecule has 0 bridgehead atoms. The number of rotatable bonds is 6. The summed E-state index contributed by atoms with van der Waals surface area (Å²) >= 11 is 0. The van der Waals surface area contributed by atoms with Crippen LogP contribution >= 0.6 is 0 Å². The van der Waals surface area contributed by atoms with Gasteiger partial charge in [-0.15, -0.1) is 0 Å². The maximum absolute atomic E-state index is 13.2. The van der Waals surface area contributed by atoms with Crippen molar-refractivity contribution in [1.82, 2.24) is 0 Å². The SMILES string of the molecule is CCc1ccccc1N[C@H](C)C(=O)Nc1ccc([N+](=O)[O-])cc1C(F)(F)F. The lowest BCUT2D eigenvalue weighted by Crippen LogP contribution is -2.33. The van der Waals surface area contributed by atoms with Crippen molar-refractivity contribution in [3.05, 3.63) is 63.7 Å². The van der Waals surface area contributed by atoms with E-state index in [2.05, 4.69) is 10.6 Å². The second-order valence-electron chi connectivity index (χ2n) is 5.85. The van der Waals surface area contributed by atoms with Crippen LogP contribution in [-0.4, -0.2) is 16.9 Å². The van der Waals surface area contributed by atoms with Gasteiger partial charge in [-0.05, 0) is 31.0 Å². The molecule has 0 fully saturated rings. The largest absolute Gasteiger partial charge is 0.418 e. The summed E-state index contributed by atoms with van der Waals surface area (Å²) in [6.07, 6.45) is -4.13. The Kier molecular flexibility index (Phi) is 6.04. The van der Waals surface area contributed by atoms with Crippen LogP contribution in [0.3, 0.4) is 0 Å². The molecule has 0 unspecified atom stereocenters. The minimum atomic E-state index is -4.85. The highest BCUT2D eigenvalue weighted by molar-refractivity contribution is 5.97. The Balaban J connectivity index is 2.23. The third-order valence-corrected chi connectivity index (χ3v) is 3.94. The Bertz CT molecular complexity index is 853. The number of non-ortho nitro benzene ring substituents is 1. The van der Waals surface area contributed by atoms with Crippen molar-refractivity contribution < 1.29 is 22.9 Å². The van der Waals surface area contributed by atoms with E-state index >= 15 is 0 Å². The van der Waals surface area contributed by atoms with Crippen molar-refractivity contribution in [2.75, 3.05) is 10.6 Å². The van der Waals surface area contributed by atoms with Gasteiger partial charge in [0.25, 0.3) is 5.69 Å². The number of hydrogen-bond donors (Lipinski definition) is 2. The Hall–Kier alpha value is -3.10. The molecule has 0 aliphatic rings. The molecule has 2 rings (SSSR count). The molecule has 0 aliphatic heterocycles. The van der Waals surface area contributed by atoms with E-state index in [0.717, 1.165) is 24.1 Å². The Morgan fingerprint density at radius 1 is 1.19 bits per heavy atom. The van der Waals surface area contributed by atoms with E-state index in [1.165, 1.54) is 6.92 Å². The number of nitrogens with zero attached hydrogens (tertiary/aromatic N) is 1. The monoisotopic (exact) mass is 381 g/mol. The number of nitro benzene ring substituents is 1. The zero-order chi connectivity index (χ0) is 20.2. The summed E-state index contributed by atoms with van der Waals surface area (Å²) in [5, 5.41) is 15.9. The summed E-state index contributed by atoms with van der Waals surface area (Å²) in [6.45, 7) is 3.46. The molecule has 0 heterocycles. The van der Waals surface area contributed by atoms with Gasteiger partial charge in [-0.25, -0.2) is 0 Å². The molecule has 0 radical (unpaired) electrons. The summed E-state index contributed by atoms with van der Waals surface area (Å²) in [7, 11) is 0. The lowest BCUT2D eigenvalue weighted by atomic mass is 10.1. The van der Waals surface area contributed by atoms with Crippen LogP contribution in [-0.2, 0) is 17.4 Å². The molecule has 2 aromatic rings. The molecular weight excluding hydrogens is 363 g/mol. The van der Waals surface area contributed by atoms with E-state index in [1.54, 1.807) is 12.1 Å². The zero-order valence-corrected chi connectivity index (χ0v) is 14.6. The molecule has 2 N–H and O–H groups in total. The summed E-state index contributed by atoms with van der Waals surface area (Å²) in [5.74, 6) is -0.694. The molecule has 0 aliphatic carbocycles. The minimum absolute atomic E-state index is 0.403. The molecule has 27 heavy (non-hydrogen) atoms. The summed E-state index contributed by atoms with van der Waals surface area (Å²) in [5.41, 5.74) is -0.837. The fourth-order valence-corrected chi connectivity index (χ4v) is 2.50. The van der Waals surface area contributed by atoms with Gasteiger partial charge in [0.05, 0.1) is 16.2 Å². The second-order valence-corrected chi connectivity index (χ2v) is 5.85. The number of nitrogens with one attached hydrogen (secondary N) is 2. The predicted octanol–water partition coefficient (Wildman–Crippen LogP) is 4.62. The number of para-hydroxylation sites is 1. The van der Waals surface area contributed by atoms with Gasteiger partial charge < -0.3 is 10.6 Å². The van der Waals surface area contributed by atoms with Crippen molar-refractivity contribution >= 4 is 23.0 Å². The second kappa shape index (κ2) is 8.07. The Morgan fingerprint density at radius 2 is 1.85 bits per heavy atom. The first-order chi connectivity index (χ1) is 12.6. The Labute approximate surface area is 153 Å². The van der Waals surface area contributed by atoms with Crippen LogP contribution in [0.1, 0.15) is 25.0 Å². The normalized spacial score (nSPS) is 12.3. The van der Waals surface area contributed by atoms with Crippen molar-refractivity contribution in [3.8, 4) is 0 Å². The van der Waals surface area contributed by atoms with Crippen LogP contribution in [0.2, 0.25) is 0 Å². The molecule has 9 heteroatoms. The van der Waals surface area contributed by atoms with E-state index in [4.69, 9.17) is 0 Å². The number of alkyl halides is 3. The van der Waals surface area contributed by atoms with E-state index in [9.17, 15) is 28.1 Å². The number of carbonyl (C=O) groups excluding carboxylic acids is 1. The van der Waals surface area contributed by atoms with Gasteiger partial charge in [-0.3, -0.25) is 14.9 Å². The maximum Gasteiger partial charge on any atom is 0.418 e. The minimum Gasteiger partial charge on any atom is -0.374 e. The summed E-state index contributed by atoms with van der Waals surface area (Å²) < 4.78 is 39.6. The van der Waals surface area contributed by atoms with Crippen LogP contribution in [0.15, 0.2) is 42.5 Å². The van der Waals surface area contributed by atoms with Gasteiger partial charge in [-0.1, -0.05) is 25.1 Å². The third kappa shape index (κ3) is 4.96. The number of nitro groups is 1. The smallest absolute Gasteiger partial charge is 0.374 e. The highest BCUT2D eigenvalue weighted by atomic mass is 19.4. The van der Waals surface area contributed by atoms with Gasteiger partial charge in [0.2, 0.25) is 5.91 Å². The number of halogens is 3. The lowest BCUT2D eigenvalue weighted by Gasteiger charge is -2.19. The van der Waals surface area contributed by atoms with E-state index < -0.39 is 40.0 Å². The quantitative estimate of drug-likeness (QED) is 0.565. The molecule has 0 saturated heterocycles. The maximum atomic E-state index is 13.2. The zero-order valence-electron chi connectivity index (χ0n) is 14.6. The number of carbonyl (C=O) groups is 1. The average Bonchev–Trinajstić information content (AvgIpc) is 2.61. The molecule has 2 aromatic carbocycles. The van der Waals surface area contributed by atoms with Crippen LogP contribution in [0.5, 0.6) is 0 Å². The number of hydrogen-bond acceptors (Lipinski definition) is 4. The van der Waals surface area contributed by atoms with Crippen molar-refractivity contribution in [1.29, 1.82) is 0 Å². The van der Waals surface area contributed by atoms with E-state index in [1.807, 2.05) is 19.1 Å². The van der Waals surface area contributed by atoms with Crippen molar-refractivity contribution in [3.63, 3.8) is 0 Å². The van der Waals surface area contributed by atoms with Gasteiger partial charge in [-0.2, -0.15) is 13.2 Å². The standard InChI is InChI=1S/C18H18F3N3O3/c1-3-12-6-4-5-7-15(12)22-11(2)17(25)23-16-9-8-13(24(26)27)10-14(16)18(19,20)21/h4-11,22H,3H2,1-2H3,(H,23,25)/t11-/m1/s1. The molecule has 0 aromatic heterocycles. The molecule has 1 amide bonds.